The molecule has 3 aromatic rings. The highest BCUT2D eigenvalue weighted by atomic mass is 32.2. The smallest absolute Gasteiger partial charge is 0.264 e. The van der Waals surface area contributed by atoms with Crippen LogP contribution in [0.4, 0.5) is 0 Å². The quantitative estimate of drug-likeness (QED) is 0.628. The van der Waals surface area contributed by atoms with Crippen LogP contribution in [-0.2, 0) is 16.4 Å². The Labute approximate surface area is 172 Å². The third-order valence-electron chi connectivity index (χ3n) is 5.00. The fraction of sp³-hybridized carbons (Fsp3) is 0.389. The molecule has 0 N–H and O–H groups in total. The van der Waals surface area contributed by atoms with Gasteiger partial charge in [0.25, 0.3) is 5.91 Å². The lowest BCUT2D eigenvalue weighted by Gasteiger charge is -2.33. The summed E-state index contributed by atoms with van der Waals surface area (Å²) in [6.07, 6.45) is 0.901. The maximum absolute atomic E-state index is 13.1. The fourth-order valence-corrected chi connectivity index (χ4v) is 6.65. The highest BCUT2D eigenvalue weighted by Gasteiger charge is 2.32. The van der Waals surface area contributed by atoms with Crippen LogP contribution in [-0.4, -0.2) is 58.5 Å². The molecule has 10 heteroatoms. The summed E-state index contributed by atoms with van der Waals surface area (Å²) in [5, 5.41) is 0. The minimum Gasteiger partial charge on any atom is -0.335 e. The van der Waals surface area contributed by atoms with Crippen LogP contribution in [0.2, 0.25) is 0 Å². The second kappa shape index (κ2) is 7.51. The minimum atomic E-state index is -3.68. The molecule has 1 aromatic carbocycles. The Morgan fingerprint density at radius 3 is 2.61 bits per heavy atom. The SMILES string of the molecule is CCc1cc(C(=O)N2CCN(S(=O)(=O)c3cccc4nsnc34)CC2)sc1C. The molecule has 3 heterocycles. The van der Waals surface area contributed by atoms with Crippen LogP contribution in [0.3, 0.4) is 0 Å². The molecule has 148 valence electrons. The summed E-state index contributed by atoms with van der Waals surface area (Å²) in [7, 11) is -3.68. The first kappa shape index (κ1) is 19.4. The predicted molar refractivity (Wildman–Crippen MR) is 111 cm³/mol. The van der Waals surface area contributed by atoms with Crippen molar-refractivity contribution >= 4 is 50.0 Å². The summed E-state index contributed by atoms with van der Waals surface area (Å²) in [4.78, 5) is 16.6. The second-order valence-electron chi connectivity index (χ2n) is 6.63. The van der Waals surface area contributed by atoms with Crippen LogP contribution >= 0.6 is 23.1 Å². The van der Waals surface area contributed by atoms with Crippen LogP contribution < -0.4 is 0 Å². The van der Waals surface area contributed by atoms with Gasteiger partial charge in [-0.2, -0.15) is 13.1 Å². The van der Waals surface area contributed by atoms with Crippen LogP contribution in [0.15, 0.2) is 29.2 Å². The number of aryl methyl sites for hydroxylation is 2. The molecule has 0 aliphatic carbocycles. The Kier molecular flexibility index (Phi) is 5.21. The molecule has 0 unspecified atom stereocenters. The van der Waals surface area contributed by atoms with E-state index in [9.17, 15) is 13.2 Å². The highest BCUT2D eigenvalue weighted by Crippen LogP contribution is 2.27. The fourth-order valence-electron chi connectivity index (χ4n) is 3.39. The molecule has 28 heavy (non-hydrogen) atoms. The number of thiophene rings is 1. The number of rotatable bonds is 4. The Morgan fingerprint density at radius 1 is 1.18 bits per heavy atom. The highest BCUT2D eigenvalue weighted by molar-refractivity contribution is 7.89. The Morgan fingerprint density at radius 2 is 1.93 bits per heavy atom. The molecule has 0 saturated carbocycles. The molecular weight excluding hydrogens is 416 g/mol. The average Bonchev–Trinajstić information content (AvgIpc) is 3.33. The molecule has 1 amide bonds. The number of hydrogen-bond donors (Lipinski definition) is 0. The molecule has 0 spiro atoms. The zero-order valence-electron chi connectivity index (χ0n) is 15.6. The third kappa shape index (κ3) is 3.34. The summed E-state index contributed by atoms with van der Waals surface area (Å²) in [5.41, 5.74) is 2.19. The van der Waals surface area contributed by atoms with Gasteiger partial charge in [-0.05, 0) is 37.1 Å². The van der Waals surface area contributed by atoms with Gasteiger partial charge in [-0.25, -0.2) is 8.42 Å². The van der Waals surface area contributed by atoms with Gasteiger partial charge in [-0.15, -0.1) is 11.3 Å². The minimum absolute atomic E-state index is 0.0179. The number of benzene rings is 1. The van der Waals surface area contributed by atoms with Gasteiger partial charge in [0.1, 0.15) is 15.9 Å². The second-order valence-corrected chi connectivity index (χ2v) is 10.3. The van der Waals surface area contributed by atoms with Crippen LogP contribution in [0.5, 0.6) is 0 Å². The molecule has 0 bridgehead atoms. The molecule has 1 saturated heterocycles. The van der Waals surface area contributed by atoms with Gasteiger partial charge in [0.15, 0.2) is 0 Å². The first-order valence-corrected chi connectivity index (χ1v) is 12.0. The van der Waals surface area contributed by atoms with E-state index in [2.05, 4.69) is 15.7 Å². The van der Waals surface area contributed by atoms with Crippen molar-refractivity contribution in [1.29, 1.82) is 0 Å². The number of amides is 1. The van der Waals surface area contributed by atoms with Gasteiger partial charge in [0.05, 0.1) is 16.6 Å². The van der Waals surface area contributed by atoms with Crippen molar-refractivity contribution in [3.63, 3.8) is 0 Å². The van der Waals surface area contributed by atoms with Crippen molar-refractivity contribution in [1.82, 2.24) is 18.0 Å². The first-order chi connectivity index (χ1) is 13.4. The zero-order valence-corrected chi connectivity index (χ0v) is 18.0. The summed E-state index contributed by atoms with van der Waals surface area (Å²) in [5.74, 6) is -0.0179. The monoisotopic (exact) mass is 436 g/mol. The van der Waals surface area contributed by atoms with E-state index in [-0.39, 0.29) is 23.9 Å². The predicted octanol–water partition coefficient (Wildman–Crippen LogP) is 2.77. The number of nitrogens with zero attached hydrogens (tertiary/aromatic N) is 4. The maximum atomic E-state index is 13.1. The number of sulfonamides is 1. The molecule has 2 aromatic heterocycles. The summed E-state index contributed by atoms with van der Waals surface area (Å²) in [6.45, 7) is 5.40. The molecule has 0 radical (unpaired) electrons. The lowest BCUT2D eigenvalue weighted by Crippen LogP contribution is -2.50. The average molecular weight is 437 g/mol. The van der Waals surface area contributed by atoms with Crippen molar-refractivity contribution in [2.24, 2.45) is 0 Å². The Hall–Kier alpha value is -1.88. The normalized spacial score (nSPS) is 16.0. The van der Waals surface area contributed by atoms with E-state index < -0.39 is 10.0 Å². The van der Waals surface area contributed by atoms with Crippen molar-refractivity contribution < 1.29 is 13.2 Å². The van der Waals surface area contributed by atoms with Crippen molar-refractivity contribution in [3.8, 4) is 0 Å². The van der Waals surface area contributed by atoms with Crippen LogP contribution in [0.25, 0.3) is 11.0 Å². The number of fused-ring (bicyclic) bond motifs is 1. The number of hydrogen-bond acceptors (Lipinski definition) is 7. The number of carbonyl (C=O) groups excluding carboxylic acids is 1. The van der Waals surface area contributed by atoms with E-state index in [0.29, 0.717) is 24.1 Å². The van der Waals surface area contributed by atoms with Crippen molar-refractivity contribution in [2.75, 3.05) is 26.2 Å². The lowest BCUT2D eigenvalue weighted by atomic mass is 10.2. The molecule has 1 fully saturated rings. The molecule has 7 nitrogen and oxygen atoms in total. The van der Waals surface area contributed by atoms with E-state index in [1.165, 1.54) is 21.2 Å². The largest absolute Gasteiger partial charge is 0.335 e. The van der Waals surface area contributed by atoms with E-state index >= 15 is 0 Å². The van der Waals surface area contributed by atoms with E-state index in [4.69, 9.17) is 0 Å². The van der Waals surface area contributed by atoms with Gasteiger partial charge in [-0.1, -0.05) is 13.0 Å². The first-order valence-electron chi connectivity index (χ1n) is 9.02. The standard InChI is InChI=1S/C18H20N4O3S3/c1-3-13-11-15(26-12(13)2)18(23)21-7-9-22(10-8-21)28(24,25)16-6-4-5-14-17(16)20-27-19-14/h4-6,11H,3,7-10H2,1-2H3. The maximum Gasteiger partial charge on any atom is 0.264 e. The molecule has 1 aliphatic heterocycles. The van der Waals surface area contributed by atoms with E-state index in [1.807, 2.05) is 13.0 Å². The zero-order chi connectivity index (χ0) is 19.9. The topological polar surface area (TPSA) is 83.5 Å². The van der Waals surface area contributed by atoms with Gasteiger partial charge in [0, 0.05) is 31.1 Å². The number of carbonyl (C=O) groups is 1. The van der Waals surface area contributed by atoms with Gasteiger partial charge >= 0.3 is 0 Å². The van der Waals surface area contributed by atoms with Crippen LogP contribution in [0, 0.1) is 6.92 Å². The van der Waals surface area contributed by atoms with Crippen molar-refractivity contribution in [2.45, 2.75) is 25.2 Å². The van der Waals surface area contributed by atoms with Crippen molar-refractivity contribution in [3.05, 3.63) is 39.6 Å². The Bertz CT molecular complexity index is 1130. The summed E-state index contributed by atoms with van der Waals surface area (Å²) >= 11 is 2.51. The van der Waals surface area contributed by atoms with E-state index in [0.717, 1.165) is 27.9 Å². The molecule has 1 aliphatic rings. The van der Waals surface area contributed by atoms with Gasteiger partial charge in [0.2, 0.25) is 10.0 Å². The Balaban J connectivity index is 1.50. The molecular formula is C18H20N4O3S3. The van der Waals surface area contributed by atoms with E-state index in [1.54, 1.807) is 23.1 Å². The van der Waals surface area contributed by atoms with Gasteiger partial charge in [-0.3, -0.25) is 4.79 Å². The van der Waals surface area contributed by atoms with Crippen LogP contribution in [0.1, 0.15) is 27.0 Å². The number of aromatic nitrogens is 2. The summed E-state index contributed by atoms with van der Waals surface area (Å²) in [6, 6.07) is 6.96. The molecule has 0 atom stereocenters. The third-order valence-corrected chi connectivity index (χ3v) is 8.56. The lowest BCUT2D eigenvalue weighted by molar-refractivity contribution is 0.0702. The van der Waals surface area contributed by atoms with Gasteiger partial charge < -0.3 is 4.90 Å². The molecule has 4 rings (SSSR count). The summed E-state index contributed by atoms with van der Waals surface area (Å²) < 4.78 is 35.9. The number of piperazine rings is 1.